The molecule has 0 saturated heterocycles. The van der Waals surface area contributed by atoms with Gasteiger partial charge in [-0.05, 0) is 26.3 Å². The molecule has 0 aliphatic heterocycles. The second kappa shape index (κ2) is 8.92. The van der Waals surface area contributed by atoms with Crippen LogP contribution in [0.5, 0.6) is 0 Å². The zero-order valence-corrected chi connectivity index (χ0v) is 8.97. The molecule has 12 heavy (non-hydrogen) atoms. The second-order valence-corrected chi connectivity index (χ2v) is 3.55. The predicted molar refractivity (Wildman–Crippen MR) is 56.2 cm³/mol. The highest BCUT2D eigenvalue weighted by Gasteiger charge is 2.02. The van der Waals surface area contributed by atoms with Gasteiger partial charge in [0.1, 0.15) is 6.54 Å². The van der Waals surface area contributed by atoms with Crippen LogP contribution in [-0.4, -0.2) is 25.0 Å². The van der Waals surface area contributed by atoms with Crippen molar-refractivity contribution in [1.82, 2.24) is 4.90 Å². The zero-order valence-electron chi connectivity index (χ0n) is 8.97. The molecular formula is C11H24N+. The summed E-state index contributed by atoms with van der Waals surface area (Å²) in [6.45, 7) is 6.87. The number of hydrogen-bond acceptors (Lipinski definition) is 1. The van der Waals surface area contributed by atoms with Crippen LogP contribution in [-0.2, 0) is 0 Å². The molecule has 0 aromatic rings. The Morgan fingerprint density at radius 1 is 1.08 bits per heavy atom. The minimum absolute atomic E-state index is 1.16. The molecule has 0 heterocycles. The van der Waals surface area contributed by atoms with Gasteiger partial charge in [0.25, 0.3) is 0 Å². The molecule has 0 N–H and O–H groups in total. The summed E-state index contributed by atoms with van der Waals surface area (Å²) in [6, 6.07) is 0. The van der Waals surface area contributed by atoms with Crippen LogP contribution in [0.1, 0.15) is 46.0 Å². The quantitative estimate of drug-likeness (QED) is 0.399. The Hall–Kier alpha value is -0.170. The molecule has 0 spiro atoms. The van der Waals surface area contributed by atoms with Gasteiger partial charge in [-0.15, -0.1) is 0 Å². The summed E-state index contributed by atoms with van der Waals surface area (Å²) in [5.41, 5.74) is 0. The standard InChI is InChI=1S/C11H24N/c1-4-6-7-8-9-11-12(3)10-5-2/h9H,4-8,10-11H2,1-3H3/q+1. The van der Waals surface area contributed by atoms with Gasteiger partial charge in [0, 0.05) is 6.54 Å². The molecule has 0 aliphatic carbocycles. The van der Waals surface area contributed by atoms with Crippen molar-refractivity contribution in [3.8, 4) is 0 Å². The highest BCUT2D eigenvalue weighted by atomic mass is 15.1. The lowest BCUT2D eigenvalue weighted by molar-refractivity contribution is 0.355. The summed E-state index contributed by atoms with van der Waals surface area (Å²) in [5, 5.41) is 0. The minimum atomic E-state index is 1.16. The lowest BCUT2D eigenvalue weighted by Gasteiger charge is -2.09. The van der Waals surface area contributed by atoms with Crippen molar-refractivity contribution >= 4 is 0 Å². The van der Waals surface area contributed by atoms with Crippen LogP contribution in [0, 0.1) is 6.42 Å². The maximum Gasteiger partial charge on any atom is 0.141 e. The van der Waals surface area contributed by atoms with Crippen molar-refractivity contribution in [2.24, 2.45) is 0 Å². The Labute approximate surface area is 78.1 Å². The molecule has 72 valence electrons. The first-order valence-electron chi connectivity index (χ1n) is 5.31. The van der Waals surface area contributed by atoms with Crippen molar-refractivity contribution in [1.29, 1.82) is 0 Å². The monoisotopic (exact) mass is 170 g/mol. The van der Waals surface area contributed by atoms with E-state index in [9.17, 15) is 0 Å². The maximum absolute atomic E-state index is 2.41. The summed E-state index contributed by atoms with van der Waals surface area (Å²) in [7, 11) is 2.19. The Kier molecular flexibility index (Phi) is 8.80. The molecule has 0 bridgehead atoms. The van der Waals surface area contributed by atoms with Crippen molar-refractivity contribution < 1.29 is 0 Å². The van der Waals surface area contributed by atoms with Crippen LogP contribution < -0.4 is 0 Å². The van der Waals surface area contributed by atoms with E-state index in [2.05, 4.69) is 32.2 Å². The fraction of sp³-hybridized carbons (Fsp3) is 0.909. The average molecular weight is 170 g/mol. The number of rotatable bonds is 8. The third-order valence-corrected chi connectivity index (χ3v) is 2.06. The van der Waals surface area contributed by atoms with Gasteiger partial charge >= 0.3 is 0 Å². The Morgan fingerprint density at radius 3 is 2.42 bits per heavy atom. The third-order valence-electron chi connectivity index (χ3n) is 2.06. The van der Waals surface area contributed by atoms with Crippen molar-refractivity contribution in [2.75, 3.05) is 20.1 Å². The first kappa shape index (κ1) is 11.8. The smallest absolute Gasteiger partial charge is 0.141 e. The van der Waals surface area contributed by atoms with Gasteiger partial charge in [-0.3, -0.25) is 4.90 Å². The highest BCUT2D eigenvalue weighted by Crippen LogP contribution is 2.02. The SMILES string of the molecule is CCCCC[CH+]CN(C)CCC. The molecule has 1 heteroatoms. The molecule has 0 atom stereocenters. The molecule has 0 aromatic heterocycles. The van der Waals surface area contributed by atoms with Gasteiger partial charge in [0.05, 0.1) is 12.8 Å². The van der Waals surface area contributed by atoms with Crippen LogP contribution in [0.25, 0.3) is 0 Å². The van der Waals surface area contributed by atoms with Gasteiger partial charge in [0.2, 0.25) is 0 Å². The van der Waals surface area contributed by atoms with E-state index >= 15 is 0 Å². The van der Waals surface area contributed by atoms with E-state index in [1.54, 1.807) is 0 Å². The average Bonchev–Trinajstić information content (AvgIpc) is 2.05. The molecular weight excluding hydrogens is 146 g/mol. The Balaban J connectivity index is 2.97. The van der Waals surface area contributed by atoms with Gasteiger partial charge in [0.15, 0.2) is 0 Å². The molecule has 0 aromatic carbocycles. The van der Waals surface area contributed by atoms with Gasteiger partial charge in [-0.25, -0.2) is 0 Å². The van der Waals surface area contributed by atoms with Crippen LogP contribution >= 0.6 is 0 Å². The van der Waals surface area contributed by atoms with Crippen molar-refractivity contribution in [3.63, 3.8) is 0 Å². The van der Waals surface area contributed by atoms with Crippen LogP contribution in [0.2, 0.25) is 0 Å². The van der Waals surface area contributed by atoms with Crippen LogP contribution in [0.15, 0.2) is 0 Å². The van der Waals surface area contributed by atoms with E-state index in [0.717, 1.165) is 6.54 Å². The fourth-order valence-electron chi connectivity index (χ4n) is 1.32. The fourth-order valence-corrected chi connectivity index (χ4v) is 1.32. The summed E-state index contributed by atoms with van der Waals surface area (Å²) in [4.78, 5) is 2.38. The first-order valence-corrected chi connectivity index (χ1v) is 5.31. The second-order valence-electron chi connectivity index (χ2n) is 3.55. The van der Waals surface area contributed by atoms with Gasteiger partial charge in [-0.2, -0.15) is 0 Å². The van der Waals surface area contributed by atoms with Crippen molar-refractivity contribution in [3.05, 3.63) is 6.42 Å². The predicted octanol–water partition coefficient (Wildman–Crippen LogP) is 3.11. The highest BCUT2D eigenvalue weighted by molar-refractivity contribution is 4.68. The van der Waals surface area contributed by atoms with E-state index < -0.39 is 0 Å². The summed E-state index contributed by atoms with van der Waals surface area (Å²) >= 11 is 0. The van der Waals surface area contributed by atoms with Crippen LogP contribution in [0.3, 0.4) is 0 Å². The van der Waals surface area contributed by atoms with E-state index in [-0.39, 0.29) is 0 Å². The summed E-state index contributed by atoms with van der Waals surface area (Å²) in [6.07, 6.45) is 9.05. The lowest BCUT2D eigenvalue weighted by Crippen LogP contribution is -2.20. The largest absolute Gasteiger partial charge is 0.268 e. The molecule has 0 fully saturated rings. The summed E-state index contributed by atoms with van der Waals surface area (Å²) < 4.78 is 0. The molecule has 0 amide bonds. The first-order chi connectivity index (χ1) is 5.81. The molecule has 1 nitrogen and oxygen atoms in total. The molecule has 0 radical (unpaired) electrons. The minimum Gasteiger partial charge on any atom is -0.268 e. The zero-order chi connectivity index (χ0) is 9.23. The van der Waals surface area contributed by atoms with E-state index in [0.29, 0.717) is 0 Å². The normalized spacial score (nSPS) is 10.7. The van der Waals surface area contributed by atoms with E-state index in [4.69, 9.17) is 0 Å². The number of hydrogen-bond donors (Lipinski definition) is 0. The van der Waals surface area contributed by atoms with Gasteiger partial charge < -0.3 is 0 Å². The third kappa shape index (κ3) is 7.93. The Bertz CT molecular complexity index is 81.1. The number of unbranched alkanes of at least 4 members (excludes halogenated alkanes) is 4. The van der Waals surface area contributed by atoms with E-state index in [1.807, 2.05) is 0 Å². The topological polar surface area (TPSA) is 3.24 Å². The maximum atomic E-state index is 2.41. The summed E-state index contributed by atoms with van der Waals surface area (Å²) in [5.74, 6) is 0. The molecule has 0 unspecified atom stereocenters. The van der Waals surface area contributed by atoms with Crippen molar-refractivity contribution in [2.45, 2.75) is 46.0 Å². The lowest BCUT2D eigenvalue weighted by atomic mass is 10.1. The molecule has 0 rings (SSSR count). The van der Waals surface area contributed by atoms with Gasteiger partial charge in [-0.1, -0.05) is 20.3 Å². The number of nitrogens with zero attached hydrogens (tertiary/aromatic N) is 1. The molecule has 0 aliphatic rings. The Morgan fingerprint density at radius 2 is 1.83 bits per heavy atom. The van der Waals surface area contributed by atoms with E-state index in [1.165, 1.54) is 38.6 Å². The van der Waals surface area contributed by atoms with Crippen LogP contribution in [0.4, 0.5) is 0 Å². The molecule has 0 saturated carbocycles.